The predicted octanol–water partition coefficient (Wildman–Crippen LogP) is 17.6. The second-order valence-corrected chi connectivity index (χ2v) is 17.5. The molecule has 2 nitrogen and oxygen atoms in total. The second kappa shape index (κ2) is 15.8. The number of hydrogen-bond acceptors (Lipinski definition) is 2. The number of benzene rings is 11. The van der Waals surface area contributed by atoms with Crippen LogP contribution in [0.4, 0.5) is 17.1 Å². The number of anilines is 3. The van der Waals surface area contributed by atoms with Crippen molar-refractivity contribution < 1.29 is 4.42 Å². The molecule has 0 fully saturated rings. The third-order valence-electron chi connectivity index (χ3n) is 14.0. The highest BCUT2D eigenvalue weighted by Crippen LogP contribution is 2.59. The highest BCUT2D eigenvalue weighted by Gasteiger charge is 2.47. The van der Waals surface area contributed by atoms with Gasteiger partial charge in [0, 0.05) is 33.3 Å². The van der Waals surface area contributed by atoms with Crippen molar-refractivity contribution in [2.45, 2.75) is 5.41 Å². The van der Waals surface area contributed by atoms with Crippen LogP contribution in [0.15, 0.2) is 265 Å². The maximum Gasteiger partial charge on any atom is 0.143 e. The summed E-state index contributed by atoms with van der Waals surface area (Å²) < 4.78 is 6.53. The Hall–Kier alpha value is -8.72. The van der Waals surface area contributed by atoms with Crippen molar-refractivity contribution in [1.82, 2.24) is 0 Å². The van der Waals surface area contributed by atoms with Crippen LogP contribution in [-0.2, 0) is 5.41 Å². The van der Waals surface area contributed by atoms with Crippen LogP contribution in [0.25, 0.3) is 77.2 Å². The van der Waals surface area contributed by atoms with Crippen molar-refractivity contribution >= 4 is 49.8 Å². The molecule has 0 aliphatic heterocycles. The van der Waals surface area contributed by atoms with Crippen molar-refractivity contribution in [1.29, 1.82) is 0 Å². The molecule has 0 saturated carbocycles. The molecule has 0 saturated heterocycles. The van der Waals surface area contributed by atoms with Gasteiger partial charge in [0.05, 0.1) is 11.1 Å². The first kappa shape index (κ1) is 38.7. The Morgan fingerprint density at radius 2 is 0.821 bits per heavy atom. The molecule has 1 atom stereocenters. The van der Waals surface area contributed by atoms with Gasteiger partial charge >= 0.3 is 0 Å². The van der Waals surface area contributed by atoms with Gasteiger partial charge in [-0.25, -0.2) is 0 Å². The molecule has 0 spiro atoms. The molecule has 1 aromatic heterocycles. The topological polar surface area (TPSA) is 16.4 Å². The lowest BCUT2D eigenvalue weighted by atomic mass is 9.67. The zero-order valence-electron chi connectivity index (χ0n) is 36.7. The number of fused-ring (bicyclic) bond motifs is 7. The SMILES string of the molecule is c1ccc(-c2ccc(N(c3ccc(-c4cccc5ccccc45)cc3)c3cccc4c3-c3ccccc3C4(c3ccccc3)c3ccc(-c4cccc5c4oc4ccccc45)cc3)cc2)cc1. The van der Waals surface area contributed by atoms with E-state index in [1.165, 1.54) is 66.4 Å². The van der Waals surface area contributed by atoms with Crippen molar-refractivity contribution in [2.75, 3.05) is 4.90 Å². The van der Waals surface area contributed by atoms with Crippen LogP contribution >= 0.6 is 0 Å². The molecule has 0 bridgehead atoms. The van der Waals surface area contributed by atoms with E-state index in [1.807, 2.05) is 6.07 Å². The average Bonchev–Trinajstić information content (AvgIpc) is 3.94. The minimum atomic E-state index is -0.603. The van der Waals surface area contributed by atoms with Crippen molar-refractivity contribution in [3.63, 3.8) is 0 Å². The van der Waals surface area contributed by atoms with Crippen LogP contribution in [0, 0.1) is 0 Å². The molecule has 0 amide bonds. The van der Waals surface area contributed by atoms with E-state index in [0.29, 0.717) is 0 Å². The first-order chi connectivity index (χ1) is 33.2. The summed E-state index contributed by atoms with van der Waals surface area (Å²) in [7, 11) is 0. The highest BCUT2D eigenvalue weighted by atomic mass is 16.3. The van der Waals surface area contributed by atoms with Gasteiger partial charge in [-0.3, -0.25) is 0 Å². The first-order valence-corrected chi connectivity index (χ1v) is 23.1. The maximum atomic E-state index is 6.53. The van der Waals surface area contributed by atoms with E-state index in [2.05, 4.69) is 260 Å². The largest absolute Gasteiger partial charge is 0.455 e. The normalized spacial score (nSPS) is 14.0. The van der Waals surface area contributed by atoms with Gasteiger partial charge in [0.15, 0.2) is 0 Å². The Labute approximate surface area is 390 Å². The monoisotopic (exact) mass is 853 g/mol. The molecule has 1 heterocycles. The fourth-order valence-corrected chi connectivity index (χ4v) is 11.0. The summed E-state index contributed by atoms with van der Waals surface area (Å²) >= 11 is 0. The smallest absolute Gasteiger partial charge is 0.143 e. The van der Waals surface area contributed by atoms with E-state index in [-0.39, 0.29) is 0 Å². The lowest BCUT2D eigenvalue weighted by Gasteiger charge is -2.34. The van der Waals surface area contributed by atoms with Gasteiger partial charge in [-0.1, -0.05) is 224 Å². The summed E-state index contributed by atoms with van der Waals surface area (Å²) in [6.07, 6.45) is 0. The molecule has 0 radical (unpaired) electrons. The van der Waals surface area contributed by atoms with E-state index in [1.54, 1.807) is 0 Å². The fourth-order valence-electron chi connectivity index (χ4n) is 11.0. The van der Waals surface area contributed by atoms with E-state index in [9.17, 15) is 0 Å². The Balaban J connectivity index is 1.00. The van der Waals surface area contributed by atoms with Crippen LogP contribution in [0.5, 0.6) is 0 Å². The molecule has 2 heteroatoms. The molecule has 1 aliphatic rings. The molecule has 12 aromatic rings. The van der Waals surface area contributed by atoms with Crippen LogP contribution in [-0.4, -0.2) is 0 Å². The van der Waals surface area contributed by atoms with Crippen LogP contribution < -0.4 is 4.90 Å². The molecular formula is C65H43NO. The molecule has 314 valence electrons. The average molecular weight is 854 g/mol. The Morgan fingerprint density at radius 1 is 0.313 bits per heavy atom. The van der Waals surface area contributed by atoms with Crippen LogP contribution in [0.2, 0.25) is 0 Å². The summed E-state index contributed by atoms with van der Waals surface area (Å²) in [5.74, 6) is 0. The lowest BCUT2D eigenvalue weighted by molar-refractivity contribution is 0.670. The van der Waals surface area contributed by atoms with Crippen LogP contribution in [0.3, 0.4) is 0 Å². The number of nitrogens with zero attached hydrogens (tertiary/aromatic N) is 1. The zero-order chi connectivity index (χ0) is 44.3. The molecular weight excluding hydrogens is 811 g/mol. The number of hydrogen-bond donors (Lipinski definition) is 0. The summed E-state index contributed by atoms with van der Waals surface area (Å²) in [4.78, 5) is 2.45. The van der Waals surface area contributed by atoms with Gasteiger partial charge in [-0.2, -0.15) is 0 Å². The van der Waals surface area contributed by atoms with Gasteiger partial charge in [0.25, 0.3) is 0 Å². The lowest BCUT2D eigenvalue weighted by Crippen LogP contribution is -2.28. The summed E-state index contributed by atoms with van der Waals surface area (Å²) in [6.45, 7) is 0. The third-order valence-corrected chi connectivity index (χ3v) is 14.0. The maximum absolute atomic E-state index is 6.53. The van der Waals surface area contributed by atoms with Gasteiger partial charge < -0.3 is 9.32 Å². The van der Waals surface area contributed by atoms with Gasteiger partial charge in [-0.15, -0.1) is 0 Å². The minimum absolute atomic E-state index is 0.603. The van der Waals surface area contributed by atoms with Crippen molar-refractivity contribution in [2.24, 2.45) is 0 Å². The van der Waals surface area contributed by atoms with Gasteiger partial charge in [0.2, 0.25) is 0 Å². The number of rotatable bonds is 8. The fraction of sp³-hybridized carbons (Fsp3) is 0.0154. The number of furan rings is 1. The molecule has 0 N–H and O–H groups in total. The summed E-state index contributed by atoms with van der Waals surface area (Å²) in [6, 6.07) is 95.1. The molecule has 13 rings (SSSR count). The molecule has 67 heavy (non-hydrogen) atoms. The summed E-state index contributed by atoms with van der Waals surface area (Å²) in [5, 5.41) is 4.76. The van der Waals surface area contributed by atoms with Crippen molar-refractivity contribution in [3.8, 4) is 44.5 Å². The standard InChI is InChI=1S/C65H43NO/c1-3-16-44(17-4-1)45-34-40-51(41-35-45)66(52-42-36-47(37-43-52)54-25-13-19-46-18-7-8-22-53(46)54)61-30-15-29-60-63(61)58-24-9-11-28-59(58)65(60,49-20-5-2-6-21-49)50-38-32-48(33-39-50)55-26-14-27-57-56-23-10-12-31-62(56)67-64(55)57/h1-43H. The van der Waals surface area contributed by atoms with E-state index in [0.717, 1.165) is 50.1 Å². The minimum Gasteiger partial charge on any atom is -0.455 e. The third kappa shape index (κ3) is 6.18. The van der Waals surface area contributed by atoms with E-state index >= 15 is 0 Å². The molecule has 11 aromatic carbocycles. The zero-order valence-corrected chi connectivity index (χ0v) is 36.7. The van der Waals surface area contributed by atoms with E-state index < -0.39 is 5.41 Å². The first-order valence-electron chi connectivity index (χ1n) is 23.1. The predicted molar refractivity (Wildman–Crippen MR) is 280 cm³/mol. The molecule has 1 aliphatic carbocycles. The highest BCUT2D eigenvalue weighted by molar-refractivity contribution is 6.09. The Bertz CT molecular complexity index is 3770. The number of para-hydroxylation sites is 2. The molecule has 1 unspecified atom stereocenters. The van der Waals surface area contributed by atoms with Crippen LogP contribution in [0.1, 0.15) is 22.3 Å². The Kier molecular flexibility index (Phi) is 9.11. The van der Waals surface area contributed by atoms with Crippen molar-refractivity contribution in [3.05, 3.63) is 283 Å². The Morgan fingerprint density at radius 3 is 1.61 bits per heavy atom. The van der Waals surface area contributed by atoms with Gasteiger partial charge in [-0.05, 0) is 103 Å². The summed E-state index contributed by atoms with van der Waals surface area (Å²) in [5.41, 5.74) is 18.9. The quantitative estimate of drug-likeness (QED) is 0.151. The van der Waals surface area contributed by atoms with E-state index in [4.69, 9.17) is 4.42 Å². The second-order valence-electron chi connectivity index (χ2n) is 17.5. The van der Waals surface area contributed by atoms with Gasteiger partial charge in [0.1, 0.15) is 11.2 Å².